The maximum Gasteiger partial charge on any atom is 0.313 e. The van der Waals surface area contributed by atoms with Gasteiger partial charge < -0.3 is 16.0 Å². The molecule has 3 rings (SSSR count). The van der Waals surface area contributed by atoms with Crippen LogP contribution in [0.2, 0.25) is 10.0 Å². The highest BCUT2D eigenvalue weighted by Gasteiger charge is 2.53. The molecular weight excluding hydrogens is 325 g/mol. The molecule has 1 aromatic rings. The molecule has 1 saturated carbocycles. The van der Waals surface area contributed by atoms with Gasteiger partial charge in [-0.15, -0.1) is 0 Å². The summed E-state index contributed by atoms with van der Waals surface area (Å²) in [5, 5.41) is 3.61. The number of urea groups is 1. The molecule has 3 N–H and O–H groups in total. The number of nitrogens with one attached hydrogen (secondary N) is 1. The normalized spacial score (nSPS) is 22.0. The number of hydrogen-bond donors (Lipinski definition) is 2. The predicted octanol–water partition coefficient (Wildman–Crippen LogP) is 2.64. The second-order valence-electron chi connectivity index (χ2n) is 5.96. The van der Waals surface area contributed by atoms with Gasteiger partial charge in [-0.1, -0.05) is 23.2 Å². The van der Waals surface area contributed by atoms with Gasteiger partial charge in [-0.3, -0.25) is 4.79 Å². The summed E-state index contributed by atoms with van der Waals surface area (Å²) in [5.74, 6) is -0.0736. The molecule has 118 valence electrons. The Morgan fingerprint density at radius 2 is 1.95 bits per heavy atom. The van der Waals surface area contributed by atoms with Gasteiger partial charge in [-0.2, -0.15) is 0 Å². The first-order valence-corrected chi connectivity index (χ1v) is 7.96. The highest BCUT2D eigenvalue weighted by molar-refractivity contribution is 6.42. The molecule has 3 amide bonds. The quantitative estimate of drug-likeness (QED) is 0.867. The van der Waals surface area contributed by atoms with Crippen molar-refractivity contribution < 1.29 is 9.59 Å². The minimum Gasteiger partial charge on any atom is -0.352 e. The van der Waals surface area contributed by atoms with Crippen molar-refractivity contribution >= 4 is 35.1 Å². The Labute approximate surface area is 138 Å². The molecule has 1 heterocycles. The van der Waals surface area contributed by atoms with Gasteiger partial charge in [0.15, 0.2) is 0 Å². The third kappa shape index (κ3) is 2.52. The zero-order valence-electron chi connectivity index (χ0n) is 12.2. The van der Waals surface area contributed by atoms with E-state index in [0.717, 1.165) is 17.5 Å². The van der Waals surface area contributed by atoms with Gasteiger partial charge in [-0.25, -0.2) is 4.79 Å². The van der Waals surface area contributed by atoms with Crippen molar-refractivity contribution in [1.29, 1.82) is 0 Å². The van der Waals surface area contributed by atoms with Crippen molar-refractivity contribution in [3.05, 3.63) is 33.3 Å². The second-order valence-corrected chi connectivity index (χ2v) is 6.78. The van der Waals surface area contributed by atoms with Crippen molar-refractivity contribution in [3.63, 3.8) is 0 Å². The summed E-state index contributed by atoms with van der Waals surface area (Å²) in [6.07, 6.45) is 1.98. The lowest BCUT2D eigenvalue weighted by Gasteiger charge is -2.37. The lowest BCUT2D eigenvalue weighted by atomic mass is 9.92. The van der Waals surface area contributed by atoms with E-state index in [2.05, 4.69) is 5.32 Å². The van der Waals surface area contributed by atoms with Crippen molar-refractivity contribution in [1.82, 2.24) is 10.2 Å². The van der Waals surface area contributed by atoms with Crippen LogP contribution in [0.15, 0.2) is 12.1 Å². The Balaban J connectivity index is 1.87. The summed E-state index contributed by atoms with van der Waals surface area (Å²) in [5.41, 5.74) is 6.48. The zero-order chi connectivity index (χ0) is 16.1. The molecule has 0 aromatic heterocycles. The van der Waals surface area contributed by atoms with Crippen molar-refractivity contribution in [3.8, 4) is 0 Å². The summed E-state index contributed by atoms with van der Waals surface area (Å²) in [6, 6.07) is 2.92. The number of halogens is 2. The SMILES string of the molecule is C[C@H]1c2cc(Cl)c(Cl)cc2CCN1C(=O)C1(NC(N)=O)CC1. The van der Waals surface area contributed by atoms with E-state index in [-0.39, 0.29) is 11.9 Å². The molecule has 1 aliphatic heterocycles. The van der Waals surface area contributed by atoms with E-state index in [9.17, 15) is 9.59 Å². The summed E-state index contributed by atoms with van der Waals surface area (Å²) >= 11 is 12.2. The molecular formula is C15H17Cl2N3O2. The Morgan fingerprint density at radius 1 is 1.32 bits per heavy atom. The monoisotopic (exact) mass is 341 g/mol. The molecule has 0 spiro atoms. The van der Waals surface area contributed by atoms with E-state index in [1.165, 1.54) is 0 Å². The number of fused-ring (bicyclic) bond motifs is 1. The van der Waals surface area contributed by atoms with Crippen LogP contribution in [0.5, 0.6) is 0 Å². The van der Waals surface area contributed by atoms with Crippen LogP contribution in [0.3, 0.4) is 0 Å². The highest BCUT2D eigenvalue weighted by Crippen LogP contribution is 2.41. The minimum absolute atomic E-state index is 0.0736. The fourth-order valence-corrected chi connectivity index (χ4v) is 3.48. The molecule has 0 bridgehead atoms. The molecule has 22 heavy (non-hydrogen) atoms. The molecule has 1 aromatic carbocycles. The standard InChI is InChI=1S/C15H17Cl2N3O2/c1-8-10-7-12(17)11(16)6-9(10)2-5-20(8)13(21)15(3-4-15)19-14(18)22/h6-8H,2-5H2,1H3,(H3,18,19,22)/t8-/m0/s1. The number of hydrogen-bond acceptors (Lipinski definition) is 2. The Hall–Kier alpha value is -1.46. The first kappa shape index (κ1) is 15.4. The van der Waals surface area contributed by atoms with Gasteiger partial charge >= 0.3 is 6.03 Å². The van der Waals surface area contributed by atoms with E-state index in [1.54, 1.807) is 4.90 Å². The van der Waals surface area contributed by atoms with Crippen LogP contribution in [-0.4, -0.2) is 28.9 Å². The fourth-order valence-electron chi connectivity index (χ4n) is 3.12. The molecule has 5 nitrogen and oxygen atoms in total. The average molecular weight is 342 g/mol. The highest BCUT2D eigenvalue weighted by atomic mass is 35.5. The topological polar surface area (TPSA) is 75.4 Å². The number of carbonyl (C=O) groups is 2. The summed E-state index contributed by atoms with van der Waals surface area (Å²) < 4.78 is 0. The second kappa shape index (κ2) is 5.32. The van der Waals surface area contributed by atoms with E-state index >= 15 is 0 Å². The largest absolute Gasteiger partial charge is 0.352 e. The zero-order valence-corrected chi connectivity index (χ0v) is 13.7. The van der Waals surface area contributed by atoms with E-state index in [1.807, 2.05) is 19.1 Å². The van der Waals surface area contributed by atoms with Crippen LogP contribution in [0.25, 0.3) is 0 Å². The number of nitrogens with zero attached hydrogens (tertiary/aromatic N) is 1. The van der Waals surface area contributed by atoms with Crippen molar-refractivity contribution in [2.45, 2.75) is 37.8 Å². The molecule has 0 radical (unpaired) electrons. The van der Waals surface area contributed by atoms with Crippen LogP contribution in [0.1, 0.15) is 36.9 Å². The van der Waals surface area contributed by atoms with E-state index < -0.39 is 11.6 Å². The van der Waals surface area contributed by atoms with E-state index in [4.69, 9.17) is 28.9 Å². The van der Waals surface area contributed by atoms with Crippen LogP contribution in [0, 0.1) is 0 Å². The molecule has 7 heteroatoms. The van der Waals surface area contributed by atoms with Crippen LogP contribution in [0.4, 0.5) is 4.79 Å². The van der Waals surface area contributed by atoms with E-state index in [0.29, 0.717) is 29.4 Å². The first-order valence-electron chi connectivity index (χ1n) is 7.20. The number of primary amides is 1. The number of rotatable bonds is 2. The van der Waals surface area contributed by atoms with Crippen LogP contribution >= 0.6 is 23.2 Å². The number of nitrogens with two attached hydrogens (primary N) is 1. The molecule has 0 unspecified atom stereocenters. The summed E-state index contributed by atoms with van der Waals surface area (Å²) in [4.78, 5) is 25.7. The van der Waals surface area contributed by atoms with Gasteiger partial charge in [-0.05, 0) is 49.4 Å². The molecule has 2 aliphatic rings. The van der Waals surface area contributed by atoms with Crippen LogP contribution in [-0.2, 0) is 11.2 Å². The summed E-state index contributed by atoms with van der Waals surface area (Å²) in [7, 11) is 0. The Morgan fingerprint density at radius 3 is 2.55 bits per heavy atom. The molecule has 0 saturated heterocycles. The smallest absolute Gasteiger partial charge is 0.313 e. The third-order valence-corrected chi connectivity index (χ3v) is 5.23. The molecule has 1 atom stereocenters. The van der Waals surface area contributed by atoms with Gasteiger partial charge in [0.1, 0.15) is 5.54 Å². The van der Waals surface area contributed by atoms with Crippen molar-refractivity contribution in [2.75, 3.05) is 6.54 Å². The maximum atomic E-state index is 12.8. The number of amides is 3. The van der Waals surface area contributed by atoms with Crippen molar-refractivity contribution in [2.24, 2.45) is 5.73 Å². The minimum atomic E-state index is -0.812. The predicted molar refractivity (Wildman–Crippen MR) is 85.0 cm³/mol. The average Bonchev–Trinajstić information content (AvgIpc) is 3.21. The van der Waals surface area contributed by atoms with Crippen LogP contribution < -0.4 is 11.1 Å². The third-order valence-electron chi connectivity index (χ3n) is 4.50. The lowest BCUT2D eigenvalue weighted by Crippen LogP contribution is -2.54. The fraction of sp³-hybridized carbons (Fsp3) is 0.467. The molecule has 1 fully saturated rings. The molecule has 1 aliphatic carbocycles. The number of carbonyl (C=O) groups excluding carboxylic acids is 2. The van der Waals surface area contributed by atoms with Gasteiger partial charge in [0.05, 0.1) is 16.1 Å². The summed E-state index contributed by atoms with van der Waals surface area (Å²) in [6.45, 7) is 2.55. The van der Waals surface area contributed by atoms with Gasteiger partial charge in [0, 0.05) is 6.54 Å². The Bertz CT molecular complexity index is 658. The maximum absolute atomic E-state index is 12.8. The lowest BCUT2D eigenvalue weighted by molar-refractivity contribution is -0.136. The Kier molecular flexibility index (Phi) is 3.73. The van der Waals surface area contributed by atoms with Gasteiger partial charge in [0.25, 0.3) is 0 Å². The number of benzene rings is 1. The van der Waals surface area contributed by atoms with Gasteiger partial charge in [0.2, 0.25) is 5.91 Å². The first-order chi connectivity index (χ1) is 10.3.